The van der Waals surface area contributed by atoms with Crippen molar-refractivity contribution >= 4 is 18.0 Å². The molecule has 0 unspecified atom stereocenters. The normalized spacial score (nSPS) is 13.2. The summed E-state index contributed by atoms with van der Waals surface area (Å²) in [7, 11) is 0. The predicted molar refractivity (Wildman–Crippen MR) is 34.7 cm³/mol. The summed E-state index contributed by atoms with van der Waals surface area (Å²) in [6.07, 6.45) is 2.84. The van der Waals surface area contributed by atoms with Crippen LogP contribution in [0.5, 0.6) is 0 Å². The second-order valence-electron chi connectivity index (χ2n) is 1.66. The van der Waals surface area contributed by atoms with Gasteiger partial charge in [0.2, 0.25) is 5.82 Å². The molecule has 6 nitrogen and oxygen atoms in total. The average molecular weight is 136 g/mol. The Kier molecular flexibility index (Phi) is 0.970. The molecule has 2 rings (SSSR count). The maximum Gasteiger partial charge on any atom is 0.220 e. The lowest BCUT2D eigenvalue weighted by Crippen LogP contribution is -2.23. The maximum absolute atomic E-state index is 3.86. The van der Waals surface area contributed by atoms with E-state index in [-0.39, 0.29) is 0 Å². The van der Waals surface area contributed by atoms with Gasteiger partial charge in [-0.3, -0.25) is 10.9 Å². The van der Waals surface area contributed by atoms with Crippen molar-refractivity contribution in [3.63, 3.8) is 0 Å². The highest BCUT2D eigenvalue weighted by atomic mass is 15.4. The van der Waals surface area contributed by atoms with Crippen molar-refractivity contribution in [2.24, 2.45) is 4.99 Å². The van der Waals surface area contributed by atoms with Crippen LogP contribution in [0.15, 0.2) is 11.3 Å². The van der Waals surface area contributed by atoms with Crippen molar-refractivity contribution in [3.8, 4) is 0 Å². The zero-order valence-corrected chi connectivity index (χ0v) is 4.94. The average Bonchev–Trinajstić information content (AvgIpc) is 2.05. The summed E-state index contributed by atoms with van der Waals surface area (Å²) >= 11 is 0. The highest BCUT2D eigenvalue weighted by Crippen LogP contribution is 2.16. The van der Waals surface area contributed by atoms with Gasteiger partial charge in [-0.05, 0) is 0 Å². The van der Waals surface area contributed by atoms with Crippen LogP contribution in [0.3, 0.4) is 0 Å². The van der Waals surface area contributed by atoms with Gasteiger partial charge in [0.05, 0.1) is 0 Å². The van der Waals surface area contributed by atoms with Crippen LogP contribution in [0, 0.1) is 0 Å². The monoisotopic (exact) mass is 136 g/mol. The van der Waals surface area contributed by atoms with E-state index >= 15 is 0 Å². The Balaban J connectivity index is 2.54. The fourth-order valence-electron chi connectivity index (χ4n) is 0.638. The van der Waals surface area contributed by atoms with Gasteiger partial charge in [-0.2, -0.15) is 0 Å². The Morgan fingerprint density at radius 1 is 1.40 bits per heavy atom. The largest absolute Gasteiger partial charge is 0.289 e. The van der Waals surface area contributed by atoms with Crippen molar-refractivity contribution in [2.75, 3.05) is 5.43 Å². The number of nitrogens with zero attached hydrogens (tertiary/aromatic N) is 4. The molecule has 0 saturated carbocycles. The zero-order valence-electron chi connectivity index (χ0n) is 4.94. The first-order valence-corrected chi connectivity index (χ1v) is 2.68. The minimum atomic E-state index is 0.501. The number of aliphatic imine (C=N–C) groups is 1. The van der Waals surface area contributed by atoms with Gasteiger partial charge in [-0.15, -0.1) is 10.2 Å². The molecule has 50 valence electrons. The van der Waals surface area contributed by atoms with Crippen LogP contribution in [-0.4, -0.2) is 21.5 Å². The SMILES string of the molecule is C1=Nc2nncnc2NN1. The van der Waals surface area contributed by atoms with E-state index < -0.39 is 0 Å². The molecular formula is C4H4N6. The van der Waals surface area contributed by atoms with Gasteiger partial charge < -0.3 is 0 Å². The Hall–Kier alpha value is -1.72. The van der Waals surface area contributed by atoms with Crippen LogP contribution < -0.4 is 10.9 Å². The first-order chi connectivity index (χ1) is 4.97. The molecule has 10 heavy (non-hydrogen) atoms. The van der Waals surface area contributed by atoms with Gasteiger partial charge in [-0.1, -0.05) is 0 Å². The van der Waals surface area contributed by atoms with Gasteiger partial charge in [-0.25, -0.2) is 9.98 Å². The molecule has 0 atom stereocenters. The molecular weight excluding hydrogens is 132 g/mol. The molecule has 0 bridgehead atoms. The van der Waals surface area contributed by atoms with Gasteiger partial charge >= 0.3 is 0 Å². The van der Waals surface area contributed by atoms with Gasteiger partial charge in [0.25, 0.3) is 0 Å². The van der Waals surface area contributed by atoms with E-state index in [0.717, 1.165) is 0 Å². The highest BCUT2D eigenvalue weighted by molar-refractivity contribution is 5.70. The van der Waals surface area contributed by atoms with E-state index in [0.29, 0.717) is 11.6 Å². The summed E-state index contributed by atoms with van der Waals surface area (Å²) in [6, 6.07) is 0. The minimum Gasteiger partial charge on any atom is -0.289 e. The Bertz CT molecular complexity index is 268. The fraction of sp³-hybridized carbons (Fsp3) is 0. The smallest absolute Gasteiger partial charge is 0.220 e. The fourth-order valence-corrected chi connectivity index (χ4v) is 0.638. The van der Waals surface area contributed by atoms with Gasteiger partial charge in [0.1, 0.15) is 12.7 Å². The van der Waals surface area contributed by atoms with E-state index in [1.54, 1.807) is 0 Å². The summed E-state index contributed by atoms with van der Waals surface area (Å²) < 4.78 is 0. The van der Waals surface area contributed by atoms with Gasteiger partial charge in [0, 0.05) is 0 Å². The quantitative estimate of drug-likeness (QED) is 0.501. The van der Waals surface area contributed by atoms with E-state index in [4.69, 9.17) is 0 Å². The Morgan fingerprint density at radius 3 is 3.30 bits per heavy atom. The number of rotatable bonds is 0. The molecule has 0 spiro atoms. The summed E-state index contributed by atoms with van der Waals surface area (Å²) in [5.41, 5.74) is 5.42. The van der Waals surface area contributed by atoms with Crippen molar-refractivity contribution in [1.82, 2.24) is 20.6 Å². The predicted octanol–water partition coefficient (Wildman–Crippen LogP) is -0.539. The number of hydrazine groups is 1. The van der Waals surface area contributed by atoms with Crippen molar-refractivity contribution in [3.05, 3.63) is 6.33 Å². The first-order valence-electron chi connectivity index (χ1n) is 2.68. The molecule has 2 heterocycles. The molecule has 0 aliphatic carbocycles. The zero-order chi connectivity index (χ0) is 6.81. The number of hydrogen-bond acceptors (Lipinski definition) is 6. The number of hydrogen-bond donors (Lipinski definition) is 2. The summed E-state index contributed by atoms with van der Waals surface area (Å²) in [4.78, 5) is 7.72. The molecule has 2 N–H and O–H groups in total. The van der Waals surface area contributed by atoms with Crippen molar-refractivity contribution < 1.29 is 0 Å². The summed E-state index contributed by atoms with van der Waals surface area (Å²) in [6.45, 7) is 0. The second kappa shape index (κ2) is 1.90. The number of nitrogens with one attached hydrogen (secondary N) is 2. The van der Waals surface area contributed by atoms with Crippen LogP contribution in [0.25, 0.3) is 0 Å². The van der Waals surface area contributed by atoms with E-state index in [1.807, 2.05) is 0 Å². The molecule has 6 heteroatoms. The molecule has 1 aromatic heterocycles. The van der Waals surface area contributed by atoms with Crippen molar-refractivity contribution in [1.29, 1.82) is 0 Å². The Labute approximate surface area is 56.4 Å². The molecule has 1 aliphatic heterocycles. The van der Waals surface area contributed by atoms with Crippen LogP contribution in [0.2, 0.25) is 0 Å². The lowest BCUT2D eigenvalue weighted by atomic mass is 10.6. The third-order valence-electron chi connectivity index (χ3n) is 1.04. The van der Waals surface area contributed by atoms with Crippen LogP contribution in [0.1, 0.15) is 0 Å². The number of anilines is 1. The maximum atomic E-state index is 3.86. The Morgan fingerprint density at radius 2 is 2.40 bits per heavy atom. The molecule has 0 amide bonds. The van der Waals surface area contributed by atoms with E-state index in [9.17, 15) is 0 Å². The third-order valence-corrected chi connectivity index (χ3v) is 1.04. The molecule has 0 aromatic carbocycles. The third kappa shape index (κ3) is 0.661. The second-order valence-corrected chi connectivity index (χ2v) is 1.66. The van der Waals surface area contributed by atoms with Gasteiger partial charge in [0.15, 0.2) is 5.82 Å². The first kappa shape index (κ1) is 5.10. The lowest BCUT2D eigenvalue weighted by Gasteiger charge is -2.08. The molecule has 1 aromatic rings. The standard InChI is InChI=1S/C4H4N6/c1-5-3-4(9-7-1)6-2-8-10-3/h1-2H,(H,5,7,10)(H,6,8,9). The minimum absolute atomic E-state index is 0.501. The number of fused-ring (bicyclic) bond motifs is 1. The molecule has 0 fully saturated rings. The lowest BCUT2D eigenvalue weighted by molar-refractivity contribution is 0.934. The van der Waals surface area contributed by atoms with Crippen LogP contribution >= 0.6 is 0 Å². The topological polar surface area (TPSA) is 75.1 Å². The van der Waals surface area contributed by atoms with Crippen molar-refractivity contribution in [2.45, 2.75) is 0 Å². The highest BCUT2D eigenvalue weighted by Gasteiger charge is 2.04. The molecule has 0 radical (unpaired) electrons. The van der Waals surface area contributed by atoms with Crippen LogP contribution in [0.4, 0.5) is 11.6 Å². The van der Waals surface area contributed by atoms with Crippen LogP contribution in [-0.2, 0) is 0 Å². The number of aromatic nitrogens is 3. The van der Waals surface area contributed by atoms with E-state index in [2.05, 4.69) is 31.0 Å². The molecule has 1 aliphatic rings. The molecule has 0 saturated heterocycles. The summed E-state index contributed by atoms with van der Waals surface area (Å²) in [5, 5.41) is 7.26. The van der Waals surface area contributed by atoms with E-state index in [1.165, 1.54) is 12.7 Å². The summed E-state index contributed by atoms with van der Waals surface area (Å²) in [5.74, 6) is 1.10.